The summed E-state index contributed by atoms with van der Waals surface area (Å²) in [4.78, 5) is 44.2. The van der Waals surface area contributed by atoms with Crippen molar-refractivity contribution in [2.75, 3.05) is 7.11 Å². The molecule has 4 unspecified atom stereocenters. The highest BCUT2D eigenvalue weighted by atomic mass is 16.5. The maximum absolute atomic E-state index is 13.8. The van der Waals surface area contributed by atoms with Gasteiger partial charge in [-0.3, -0.25) is 4.79 Å². The summed E-state index contributed by atoms with van der Waals surface area (Å²) in [6.45, 7) is 5.86. The minimum Gasteiger partial charge on any atom is -0.453 e. The summed E-state index contributed by atoms with van der Waals surface area (Å²) in [7, 11) is 1.32. The van der Waals surface area contributed by atoms with E-state index in [2.05, 4.69) is 68.8 Å². The van der Waals surface area contributed by atoms with Gasteiger partial charge in [0.1, 0.15) is 17.7 Å². The van der Waals surface area contributed by atoms with E-state index in [-0.39, 0.29) is 23.9 Å². The number of carbonyl (C=O) groups excluding carboxylic acids is 2. The first kappa shape index (κ1) is 26.5. The number of nitrogens with zero attached hydrogens (tertiary/aromatic N) is 3. The Hall–Kier alpha value is -4.40. The maximum atomic E-state index is 13.8. The summed E-state index contributed by atoms with van der Waals surface area (Å²) in [5, 5.41) is 5.01. The summed E-state index contributed by atoms with van der Waals surface area (Å²) < 4.78 is 4.79. The number of piperidine rings is 1. The SMILES string of the molecule is COC(=O)NC(C(=O)N1C(c2nc3c(ccc4cc(CCc5ccc6nc(C)[nH]c6c5)ccc43)[nH]2)CC2CC21)C(C)C. The van der Waals surface area contributed by atoms with Gasteiger partial charge in [-0.15, -0.1) is 0 Å². The molecule has 1 aliphatic heterocycles. The average Bonchev–Trinajstić information content (AvgIpc) is 3.29. The van der Waals surface area contributed by atoms with Crippen molar-refractivity contribution in [2.45, 2.75) is 64.6 Å². The van der Waals surface area contributed by atoms with Crippen LogP contribution < -0.4 is 5.32 Å². The van der Waals surface area contributed by atoms with Gasteiger partial charge in [-0.05, 0) is 79.2 Å². The van der Waals surface area contributed by atoms with E-state index in [1.54, 1.807) is 0 Å². The van der Waals surface area contributed by atoms with E-state index in [1.807, 2.05) is 25.7 Å². The zero-order valence-corrected chi connectivity index (χ0v) is 24.4. The number of imidazole rings is 2. The first-order valence-corrected chi connectivity index (χ1v) is 14.8. The number of hydrogen-bond donors (Lipinski definition) is 3. The molecule has 5 aromatic rings. The van der Waals surface area contributed by atoms with Crippen molar-refractivity contribution < 1.29 is 14.3 Å². The first-order chi connectivity index (χ1) is 20.3. The molecular formula is C33H36N6O3. The molecule has 4 atom stereocenters. The van der Waals surface area contributed by atoms with Gasteiger partial charge in [0.25, 0.3) is 0 Å². The summed E-state index contributed by atoms with van der Waals surface area (Å²) in [6, 6.07) is 16.7. The van der Waals surface area contributed by atoms with Crippen LogP contribution in [0, 0.1) is 18.8 Å². The number of aromatic nitrogens is 4. The number of hydrogen-bond acceptors (Lipinski definition) is 5. The monoisotopic (exact) mass is 564 g/mol. The second-order valence-corrected chi connectivity index (χ2v) is 12.2. The van der Waals surface area contributed by atoms with Gasteiger partial charge >= 0.3 is 6.09 Å². The lowest BCUT2D eigenvalue weighted by Gasteiger charge is -2.31. The lowest BCUT2D eigenvalue weighted by Crippen LogP contribution is -2.52. The average molecular weight is 565 g/mol. The number of nitrogens with one attached hydrogen (secondary N) is 3. The van der Waals surface area contributed by atoms with Crippen molar-refractivity contribution >= 4 is 44.8 Å². The van der Waals surface area contributed by atoms with Crippen molar-refractivity contribution in [3.05, 3.63) is 71.3 Å². The number of H-pyrrole nitrogens is 2. The predicted octanol–water partition coefficient (Wildman–Crippen LogP) is 5.73. The van der Waals surface area contributed by atoms with Gasteiger partial charge < -0.3 is 24.9 Å². The molecule has 3 aromatic carbocycles. The first-order valence-electron chi connectivity index (χ1n) is 14.8. The zero-order chi connectivity index (χ0) is 29.1. The summed E-state index contributed by atoms with van der Waals surface area (Å²) >= 11 is 0. The quantitative estimate of drug-likeness (QED) is 0.234. The molecule has 0 bridgehead atoms. The molecule has 0 spiro atoms. The third-order valence-corrected chi connectivity index (χ3v) is 8.98. The molecule has 1 aliphatic carbocycles. The third kappa shape index (κ3) is 4.66. The van der Waals surface area contributed by atoms with Gasteiger partial charge in [0, 0.05) is 11.4 Å². The molecule has 7 rings (SSSR count). The fourth-order valence-corrected chi connectivity index (χ4v) is 6.69. The Morgan fingerprint density at radius 1 is 1.00 bits per heavy atom. The molecular weight excluding hydrogens is 528 g/mol. The van der Waals surface area contributed by atoms with Gasteiger partial charge in [-0.25, -0.2) is 14.8 Å². The number of amides is 2. The molecule has 0 radical (unpaired) electrons. The van der Waals surface area contributed by atoms with E-state index in [0.717, 1.165) is 70.2 Å². The van der Waals surface area contributed by atoms with Gasteiger partial charge in [0.05, 0.1) is 35.2 Å². The minimum atomic E-state index is -0.645. The van der Waals surface area contributed by atoms with E-state index in [4.69, 9.17) is 9.72 Å². The highest BCUT2D eigenvalue weighted by Gasteiger charge is 2.56. The number of ether oxygens (including phenoxy) is 1. The molecule has 1 saturated heterocycles. The van der Waals surface area contributed by atoms with E-state index in [1.165, 1.54) is 18.2 Å². The van der Waals surface area contributed by atoms with Crippen molar-refractivity contribution in [1.29, 1.82) is 0 Å². The number of carbonyl (C=O) groups is 2. The molecule has 3 N–H and O–H groups in total. The Morgan fingerprint density at radius 2 is 1.79 bits per heavy atom. The number of rotatable bonds is 7. The lowest BCUT2D eigenvalue weighted by molar-refractivity contribution is -0.136. The summed E-state index contributed by atoms with van der Waals surface area (Å²) in [5.41, 5.74) is 6.55. The Morgan fingerprint density at radius 3 is 2.57 bits per heavy atom. The Bertz CT molecular complexity index is 1840. The Kier molecular flexibility index (Phi) is 6.40. The zero-order valence-electron chi connectivity index (χ0n) is 24.4. The third-order valence-electron chi connectivity index (χ3n) is 8.98. The number of likely N-dealkylation sites (tertiary alicyclic amines) is 1. The van der Waals surface area contributed by atoms with Crippen LogP contribution in [-0.2, 0) is 22.4 Å². The highest BCUT2D eigenvalue weighted by molar-refractivity contribution is 6.04. The maximum Gasteiger partial charge on any atom is 0.407 e. The number of aryl methyl sites for hydroxylation is 3. The van der Waals surface area contributed by atoms with Crippen LogP contribution in [0.1, 0.15) is 55.5 Å². The fraction of sp³-hybridized carbons (Fsp3) is 0.394. The van der Waals surface area contributed by atoms with Crippen LogP contribution in [0.5, 0.6) is 0 Å². The van der Waals surface area contributed by atoms with Crippen molar-refractivity contribution in [3.8, 4) is 0 Å². The lowest BCUT2D eigenvalue weighted by atomic mass is 10.0. The molecule has 2 fully saturated rings. The number of fused-ring (bicyclic) bond motifs is 5. The van der Waals surface area contributed by atoms with Crippen LogP contribution in [0.4, 0.5) is 4.79 Å². The highest BCUT2D eigenvalue weighted by Crippen LogP contribution is 2.53. The molecule has 2 amide bonds. The number of aromatic amines is 2. The molecule has 2 aromatic heterocycles. The normalized spacial score (nSPS) is 20.4. The standard InChI is InChI=1S/C33H36N6O3/c1-17(2)29(38-33(41)42-4)32(40)39-27-15-22(27)16-28(39)31-36-25-12-9-21-13-19(7-10-23(21)30(25)37-31)5-6-20-8-11-24-26(14-20)35-18(3)34-24/h7-14,17,22,27-29H,5-6,15-16H2,1-4H3,(H,34,35)(H,36,37)(H,38,41). The summed E-state index contributed by atoms with van der Waals surface area (Å²) in [6.07, 6.45) is 3.19. The molecule has 42 heavy (non-hydrogen) atoms. The van der Waals surface area contributed by atoms with Gasteiger partial charge in [-0.1, -0.05) is 44.2 Å². The van der Waals surface area contributed by atoms with Crippen molar-refractivity contribution in [2.24, 2.45) is 11.8 Å². The van der Waals surface area contributed by atoms with Gasteiger partial charge in [0.15, 0.2) is 0 Å². The van der Waals surface area contributed by atoms with E-state index in [0.29, 0.717) is 5.92 Å². The number of benzene rings is 3. The van der Waals surface area contributed by atoms with Crippen molar-refractivity contribution in [1.82, 2.24) is 30.2 Å². The van der Waals surface area contributed by atoms with Crippen LogP contribution in [0.2, 0.25) is 0 Å². The van der Waals surface area contributed by atoms with Crippen molar-refractivity contribution in [3.63, 3.8) is 0 Å². The Labute approximate surface area is 244 Å². The number of alkyl carbamates (subject to hydrolysis) is 1. The van der Waals surface area contributed by atoms with E-state index < -0.39 is 12.1 Å². The van der Waals surface area contributed by atoms with Crippen LogP contribution >= 0.6 is 0 Å². The Balaban J connectivity index is 1.13. The molecule has 3 heterocycles. The van der Waals surface area contributed by atoms with Crippen LogP contribution in [0.3, 0.4) is 0 Å². The van der Waals surface area contributed by atoms with Crippen LogP contribution in [0.15, 0.2) is 48.5 Å². The van der Waals surface area contributed by atoms with Gasteiger partial charge in [0.2, 0.25) is 5.91 Å². The second-order valence-electron chi connectivity index (χ2n) is 12.2. The molecule has 2 aliphatic rings. The summed E-state index contributed by atoms with van der Waals surface area (Å²) in [5.74, 6) is 2.09. The number of methoxy groups -OCH3 is 1. The minimum absolute atomic E-state index is 0.0674. The fourth-order valence-electron chi connectivity index (χ4n) is 6.69. The molecule has 1 saturated carbocycles. The largest absolute Gasteiger partial charge is 0.453 e. The topological polar surface area (TPSA) is 116 Å². The molecule has 9 heteroatoms. The predicted molar refractivity (Wildman–Crippen MR) is 162 cm³/mol. The van der Waals surface area contributed by atoms with Gasteiger partial charge in [-0.2, -0.15) is 0 Å². The molecule has 9 nitrogen and oxygen atoms in total. The second kappa shape index (κ2) is 10.2. The smallest absolute Gasteiger partial charge is 0.407 e. The molecule has 216 valence electrons. The van der Waals surface area contributed by atoms with Crippen LogP contribution in [-0.4, -0.2) is 56.0 Å². The van der Waals surface area contributed by atoms with E-state index >= 15 is 0 Å². The van der Waals surface area contributed by atoms with Crippen LogP contribution in [0.25, 0.3) is 32.8 Å². The van der Waals surface area contributed by atoms with E-state index in [9.17, 15) is 9.59 Å².